The second-order valence-corrected chi connectivity index (χ2v) is 7.58. The molecule has 0 bridgehead atoms. The van der Waals surface area contributed by atoms with Crippen molar-refractivity contribution in [3.05, 3.63) is 59.4 Å². The summed E-state index contributed by atoms with van der Waals surface area (Å²) in [5, 5.41) is 10.5. The lowest BCUT2D eigenvalue weighted by Crippen LogP contribution is -2.20. The molecule has 2 aromatic heterocycles. The van der Waals surface area contributed by atoms with Crippen LogP contribution in [0, 0.1) is 5.92 Å². The number of aromatic nitrogens is 3. The lowest BCUT2D eigenvalue weighted by Gasteiger charge is -2.14. The molecule has 1 aliphatic heterocycles. The topological polar surface area (TPSA) is 62.1 Å². The molecule has 0 saturated carbocycles. The average Bonchev–Trinajstić information content (AvgIpc) is 3.26. The van der Waals surface area contributed by atoms with Gasteiger partial charge in [0, 0.05) is 36.6 Å². The monoisotopic (exact) mass is 352 g/mol. The molecule has 0 amide bonds. The summed E-state index contributed by atoms with van der Waals surface area (Å²) in [6.45, 7) is 3.13. The Labute approximate surface area is 151 Å². The molecule has 0 spiro atoms. The molecular formula is C19H20N4OS. The first-order chi connectivity index (χ1) is 12.3. The van der Waals surface area contributed by atoms with Crippen molar-refractivity contribution >= 4 is 11.3 Å². The number of aromatic hydroxyl groups is 1. The number of benzene rings is 1. The van der Waals surface area contributed by atoms with Gasteiger partial charge in [0.1, 0.15) is 5.75 Å². The minimum absolute atomic E-state index is 0.354. The molecule has 6 heteroatoms. The van der Waals surface area contributed by atoms with Crippen LogP contribution in [0.5, 0.6) is 5.75 Å². The van der Waals surface area contributed by atoms with Crippen LogP contribution >= 0.6 is 11.3 Å². The zero-order chi connectivity index (χ0) is 17.1. The standard InChI is InChI=1S/C19H20N4OS/c24-16-4-1-3-14(10-16)9-15-5-8-23(12-15)13-17-11-22-19(25-17)18-20-6-2-7-21-18/h1-4,6-7,10-11,15,24H,5,8-9,12-13H2. The molecule has 3 aromatic rings. The van der Waals surface area contributed by atoms with Crippen molar-refractivity contribution < 1.29 is 5.11 Å². The first-order valence-electron chi connectivity index (χ1n) is 8.48. The number of thiazole rings is 1. The third kappa shape index (κ3) is 4.03. The number of phenolic OH excluding ortho intramolecular Hbond substituents is 1. The van der Waals surface area contributed by atoms with Crippen LogP contribution in [0.4, 0.5) is 0 Å². The van der Waals surface area contributed by atoms with Crippen LogP contribution in [0.25, 0.3) is 10.8 Å². The van der Waals surface area contributed by atoms with Gasteiger partial charge >= 0.3 is 0 Å². The van der Waals surface area contributed by atoms with Crippen molar-refractivity contribution in [2.24, 2.45) is 5.92 Å². The summed E-state index contributed by atoms with van der Waals surface area (Å²) in [6, 6.07) is 9.43. The molecule has 1 fully saturated rings. The van der Waals surface area contributed by atoms with Gasteiger partial charge in [0.25, 0.3) is 0 Å². The van der Waals surface area contributed by atoms with Crippen LogP contribution in [0.2, 0.25) is 0 Å². The number of rotatable bonds is 5. The van der Waals surface area contributed by atoms with Gasteiger partial charge in [-0.1, -0.05) is 12.1 Å². The summed E-state index contributed by atoms with van der Waals surface area (Å²) in [6.07, 6.45) is 7.66. The quantitative estimate of drug-likeness (QED) is 0.763. The van der Waals surface area contributed by atoms with Crippen molar-refractivity contribution in [2.45, 2.75) is 19.4 Å². The average molecular weight is 352 g/mol. The van der Waals surface area contributed by atoms with Gasteiger partial charge in [-0.2, -0.15) is 0 Å². The van der Waals surface area contributed by atoms with Gasteiger partial charge in [-0.05, 0) is 49.1 Å². The molecule has 1 aliphatic rings. The number of likely N-dealkylation sites (tertiary alicyclic amines) is 1. The molecule has 0 aliphatic carbocycles. The van der Waals surface area contributed by atoms with Crippen molar-refractivity contribution in [1.29, 1.82) is 0 Å². The van der Waals surface area contributed by atoms with E-state index in [1.807, 2.05) is 24.4 Å². The fraction of sp³-hybridized carbons (Fsp3) is 0.316. The van der Waals surface area contributed by atoms with E-state index in [-0.39, 0.29) is 0 Å². The SMILES string of the molecule is Oc1cccc(CC2CCN(Cc3cnc(-c4ncccn4)s3)C2)c1. The molecule has 0 radical (unpaired) electrons. The third-order valence-electron chi connectivity index (χ3n) is 4.49. The van der Waals surface area contributed by atoms with Crippen molar-refractivity contribution in [2.75, 3.05) is 13.1 Å². The lowest BCUT2D eigenvalue weighted by molar-refractivity contribution is 0.319. The third-order valence-corrected chi connectivity index (χ3v) is 5.47. The summed E-state index contributed by atoms with van der Waals surface area (Å²) >= 11 is 1.67. The van der Waals surface area contributed by atoms with Crippen molar-refractivity contribution in [1.82, 2.24) is 19.9 Å². The zero-order valence-electron chi connectivity index (χ0n) is 13.9. The van der Waals surface area contributed by atoms with Gasteiger partial charge in [-0.3, -0.25) is 4.90 Å². The van der Waals surface area contributed by atoms with Crippen LogP contribution in [0.3, 0.4) is 0 Å². The van der Waals surface area contributed by atoms with E-state index in [4.69, 9.17) is 0 Å². The molecule has 128 valence electrons. The molecule has 1 unspecified atom stereocenters. The van der Waals surface area contributed by atoms with Crippen LogP contribution in [0.15, 0.2) is 48.9 Å². The second-order valence-electron chi connectivity index (χ2n) is 6.47. The Kier molecular flexibility index (Phi) is 4.72. The van der Waals surface area contributed by atoms with Gasteiger partial charge in [-0.15, -0.1) is 11.3 Å². The maximum atomic E-state index is 9.60. The Morgan fingerprint density at radius 2 is 2.04 bits per heavy atom. The van der Waals surface area contributed by atoms with Gasteiger partial charge in [0.2, 0.25) is 0 Å². The fourth-order valence-electron chi connectivity index (χ4n) is 3.35. The van der Waals surface area contributed by atoms with Crippen molar-refractivity contribution in [3.63, 3.8) is 0 Å². The molecule has 3 heterocycles. The summed E-state index contributed by atoms with van der Waals surface area (Å²) in [5.41, 5.74) is 1.22. The Hall–Kier alpha value is -2.31. The minimum atomic E-state index is 0.354. The predicted molar refractivity (Wildman–Crippen MR) is 98.3 cm³/mol. The van der Waals surface area contributed by atoms with Crippen LogP contribution < -0.4 is 0 Å². The number of hydrogen-bond donors (Lipinski definition) is 1. The second kappa shape index (κ2) is 7.29. The Morgan fingerprint density at radius 3 is 2.88 bits per heavy atom. The smallest absolute Gasteiger partial charge is 0.188 e. The van der Waals surface area contributed by atoms with Crippen LogP contribution in [-0.4, -0.2) is 38.0 Å². The van der Waals surface area contributed by atoms with E-state index in [9.17, 15) is 5.11 Å². The molecule has 1 atom stereocenters. The molecular weight excluding hydrogens is 332 g/mol. The van der Waals surface area contributed by atoms with E-state index in [1.54, 1.807) is 29.8 Å². The number of hydrogen-bond acceptors (Lipinski definition) is 6. The van der Waals surface area contributed by atoms with E-state index in [1.165, 1.54) is 16.9 Å². The number of nitrogens with zero attached hydrogens (tertiary/aromatic N) is 4. The van der Waals surface area contributed by atoms with E-state index in [0.717, 1.165) is 31.1 Å². The van der Waals surface area contributed by atoms with E-state index in [2.05, 4.69) is 25.9 Å². The molecule has 25 heavy (non-hydrogen) atoms. The Balaban J connectivity index is 1.34. The molecule has 1 saturated heterocycles. The van der Waals surface area contributed by atoms with Gasteiger partial charge < -0.3 is 5.11 Å². The van der Waals surface area contributed by atoms with Gasteiger partial charge in [-0.25, -0.2) is 15.0 Å². The maximum Gasteiger partial charge on any atom is 0.188 e. The first kappa shape index (κ1) is 16.2. The molecule has 4 rings (SSSR count). The first-order valence-corrected chi connectivity index (χ1v) is 9.30. The van der Waals surface area contributed by atoms with Crippen molar-refractivity contribution in [3.8, 4) is 16.6 Å². The maximum absolute atomic E-state index is 9.60. The predicted octanol–water partition coefficient (Wildman–Crippen LogP) is 3.37. The Morgan fingerprint density at radius 1 is 1.16 bits per heavy atom. The summed E-state index contributed by atoms with van der Waals surface area (Å²) in [4.78, 5) is 16.7. The molecule has 1 N–H and O–H groups in total. The van der Waals surface area contributed by atoms with Gasteiger partial charge in [0.15, 0.2) is 10.8 Å². The van der Waals surface area contributed by atoms with Gasteiger partial charge in [0.05, 0.1) is 0 Å². The highest BCUT2D eigenvalue weighted by Crippen LogP contribution is 2.27. The fourth-order valence-corrected chi connectivity index (χ4v) is 4.26. The minimum Gasteiger partial charge on any atom is -0.508 e. The normalized spacial score (nSPS) is 17.8. The molecule has 5 nitrogen and oxygen atoms in total. The largest absolute Gasteiger partial charge is 0.508 e. The van der Waals surface area contributed by atoms with E-state index < -0.39 is 0 Å². The summed E-state index contributed by atoms with van der Waals surface area (Å²) in [7, 11) is 0. The lowest BCUT2D eigenvalue weighted by atomic mass is 9.99. The van der Waals surface area contributed by atoms with Crippen LogP contribution in [-0.2, 0) is 13.0 Å². The zero-order valence-corrected chi connectivity index (χ0v) is 14.7. The highest BCUT2D eigenvalue weighted by molar-refractivity contribution is 7.14. The summed E-state index contributed by atoms with van der Waals surface area (Å²) in [5.74, 6) is 1.70. The highest BCUT2D eigenvalue weighted by atomic mass is 32.1. The van der Waals surface area contributed by atoms with E-state index >= 15 is 0 Å². The highest BCUT2D eigenvalue weighted by Gasteiger charge is 2.23. The number of phenols is 1. The Bertz CT molecular complexity index is 836. The molecule has 1 aromatic carbocycles. The van der Waals surface area contributed by atoms with E-state index in [0.29, 0.717) is 17.5 Å². The summed E-state index contributed by atoms with van der Waals surface area (Å²) < 4.78 is 0. The van der Waals surface area contributed by atoms with Crippen LogP contribution in [0.1, 0.15) is 16.9 Å².